The van der Waals surface area contributed by atoms with E-state index in [1.165, 1.54) is 0 Å². The van der Waals surface area contributed by atoms with Gasteiger partial charge in [0.2, 0.25) is 0 Å². The van der Waals surface area contributed by atoms with Crippen LogP contribution < -0.4 is 10.6 Å². The lowest BCUT2D eigenvalue weighted by molar-refractivity contribution is 0.123. The molecule has 0 saturated carbocycles. The number of anilines is 2. The van der Waals surface area contributed by atoms with E-state index in [9.17, 15) is 0 Å². The van der Waals surface area contributed by atoms with E-state index in [1.54, 1.807) is 12.1 Å². The Morgan fingerprint density at radius 3 is 2.40 bits per heavy atom. The first-order valence-electron chi connectivity index (χ1n) is 4.76. The van der Waals surface area contributed by atoms with Crippen LogP contribution >= 0.6 is 23.2 Å². The smallest absolute Gasteiger partial charge is 0.0806 e. The quantitative estimate of drug-likeness (QED) is 0.774. The molecule has 0 amide bonds. The van der Waals surface area contributed by atoms with Gasteiger partial charge in [-0.25, -0.2) is 0 Å². The van der Waals surface area contributed by atoms with Crippen molar-refractivity contribution in [1.29, 1.82) is 0 Å². The number of morpholine rings is 1. The molecule has 0 radical (unpaired) electrons. The summed E-state index contributed by atoms with van der Waals surface area (Å²) in [4.78, 5) is 2.10. The maximum Gasteiger partial charge on any atom is 0.0806 e. The lowest BCUT2D eigenvalue weighted by atomic mass is 10.2. The molecule has 2 N–H and O–H groups in total. The van der Waals surface area contributed by atoms with E-state index >= 15 is 0 Å². The summed E-state index contributed by atoms with van der Waals surface area (Å²) >= 11 is 12.1. The van der Waals surface area contributed by atoms with Gasteiger partial charge in [0.25, 0.3) is 0 Å². The van der Waals surface area contributed by atoms with Crippen molar-refractivity contribution in [2.45, 2.75) is 0 Å². The minimum atomic E-state index is 0.542. The van der Waals surface area contributed by atoms with Crippen molar-refractivity contribution in [3.63, 3.8) is 0 Å². The number of nitrogens with zero attached hydrogens (tertiary/aromatic N) is 1. The zero-order valence-electron chi connectivity index (χ0n) is 8.17. The lowest BCUT2D eigenvalue weighted by Gasteiger charge is -2.30. The van der Waals surface area contributed by atoms with Gasteiger partial charge in [0.15, 0.2) is 0 Å². The van der Waals surface area contributed by atoms with Crippen LogP contribution in [0.3, 0.4) is 0 Å². The maximum absolute atomic E-state index is 6.11. The van der Waals surface area contributed by atoms with E-state index in [1.807, 2.05) is 0 Å². The van der Waals surface area contributed by atoms with Crippen molar-refractivity contribution in [2.24, 2.45) is 0 Å². The van der Waals surface area contributed by atoms with Gasteiger partial charge in [-0.2, -0.15) is 0 Å². The summed E-state index contributed by atoms with van der Waals surface area (Å²) in [7, 11) is 0. The van der Waals surface area contributed by atoms with Crippen LogP contribution in [0.1, 0.15) is 0 Å². The highest BCUT2D eigenvalue weighted by Crippen LogP contribution is 2.37. The molecule has 0 unspecified atom stereocenters. The van der Waals surface area contributed by atoms with Gasteiger partial charge in [-0.1, -0.05) is 23.2 Å². The molecule has 1 aliphatic heterocycles. The highest BCUT2D eigenvalue weighted by molar-refractivity contribution is 6.37. The molecule has 1 aromatic carbocycles. The Kier molecular flexibility index (Phi) is 3.24. The van der Waals surface area contributed by atoms with Crippen LogP contribution in [0, 0.1) is 0 Å². The van der Waals surface area contributed by atoms with Gasteiger partial charge in [-0.15, -0.1) is 0 Å². The zero-order valence-corrected chi connectivity index (χ0v) is 9.68. The minimum Gasteiger partial charge on any atom is -0.396 e. The summed E-state index contributed by atoms with van der Waals surface area (Å²) in [5.41, 5.74) is 7.29. The Hall–Kier alpha value is -0.640. The largest absolute Gasteiger partial charge is 0.396 e. The predicted octanol–water partition coefficient (Wildman–Crippen LogP) is 2.41. The van der Waals surface area contributed by atoms with Gasteiger partial charge in [0.1, 0.15) is 0 Å². The molecule has 1 heterocycles. The van der Waals surface area contributed by atoms with Gasteiger partial charge in [-0.05, 0) is 12.1 Å². The first-order valence-corrected chi connectivity index (χ1v) is 5.52. The second-order valence-corrected chi connectivity index (χ2v) is 4.21. The molecule has 0 spiro atoms. The third-order valence-corrected chi connectivity index (χ3v) is 3.08. The number of benzene rings is 1. The normalized spacial score (nSPS) is 16.8. The Morgan fingerprint density at radius 2 is 1.73 bits per heavy atom. The first-order chi connectivity index (χ1) is 7.20. The molecule has 82 valence electrons. The molecule has 15 heavy (non-hydrogen) atoms. The molecular formula is C10H12Cl2N2O. The number of nitrogens with two attached hydrogens (primary N) is 1. The molecule has 1 saturated heterocycles. The van der Waals surface area contributed by atoms with Crippen molar-refractivity contribution >= 4 is 34.6 Å². The molecule has 2 rings (SSSR count). The summed E-state index contributed by atoms with van der Waals surface area (Å²) in [6, 6.07) is 3.48. The number of hydrogen-bond acceptors (Lipinski definition) is 3. The average molecular weight is 247 g/mol. The Balaban J connectivity index is 2.36. The summed E-state index contributed by atoms with van der Waals surface area (Å²) < 4.78 is 5.27. The van der Waals surface area contributed by atoms with Crippen LogP contribution in [-0.2, 0) is 4.74 Å². The van der Waals surface area contributed by atoms with Gasteiger partial charge in [0, 0.05) is 13.1 Å². The summed E-state index contributed by atoms with van der Waals surface area (Å²) in [6.45, 7) is 2.99. The number of halogens is 2. The Labute approximate surface area is 98.7 Å². The first kappa shape index (κ1) is 10.9. The Bertz CT molecular complexity index is 365. The second kappa shape index (κ2) is 4.47. The topological polar surface area (TPSA) is 38.5 Å². The monoisotopic (exact) mass is 246 g/mol. The standard InChI is InChI=1S/C10H12Cl2N2O/c11-7-1-2-8(12)10(9(7)13)14-3-5-15-6-4-14/h1-2H,3-6,13H2. The molecule has 5 heteroatoms. The van der Waals surface area contributed by atoms with Crippen molar-refractivity contribution < 1.29 is 4.74 Å². The SMILES string of the molecule is Nc1c(Cl)ccc(Cl)c1N1CCOCC1. The third-order valence-electron chi connectivity index (χ3n) is 2.44. The fourth-order valence-electron chi connectivity index (χ4n) is 1.67. The fourth-order valence-corrected chi connectivity index (χ4v) is 2.10. The van der Waals surface area contributed by atoms with E-state index < -0.39 is 0 Å². The van der Waals surface area contributed by atoms with Gasteiger partial charge >= 0.3 is 0 Å². The van der Waals surface area contributed by atoms with Crippen molar-refractivity contribution in [3.05, 3.63) is 22.2 Å². The van der Waals surface area contributed by atoms with E-state index in [4.69, 9.17) is 33.7 Å². The molecule has 1 aliphatic rings. The second-order valence-electron chi connectivity index (χ2n) is 3.39. The van der Waals surface area contributed by atoms with E-state index in [-0.39, 0.29) is 0 Å². The molecule has 3 nitrogen and oxygen atoms in total. The molecule has 0 bridgehead atoms. The average Bonchev–Trinajstić information content (AvgIpc) is 2.26. The van der Waals surface area contributed by atoms with Gasteiger partial charge in [0.05, 0.1) is 34.6 Å². The zero-order chi connectivity index (χ0) is 10.8. The minimum absolute atomic E-state index is 0.542. The fraction of sp³-hybridized carbons (Fsp3) is 0.400. The van der Waals surface area contributed by atoms with Gasteiger partial charge < -0.3 is 15.4 Å². The van der Waals surface area contributed by atoms with E-state index in [2.05, 4.69) is 4.90 Å². The van der Waals surface area contributed by atoms with Crippen molar-refractivity contribution in [1.82, 2.24) is 0 Å². The van der Waals surface area contributed by atoms with Crippen molar-refractivity contribution in [2.75, 3.05) is 36.9 Å². The number of ether oxygens (including phenoxy) is 1. The highest BCUT2D eigenvalue weighted by Gasteiger charge is 2.18. The van der Waals surface area contributed by atoms with Crippen molar-refractivity contribution in [3.8, 4) is 0 Å². The molecule has 0 aromatic heterocycles. The van der Waals surface area contributed by atoms with Crippen LogP contribution in [-0.4, -0.2) is 26.3 Å². The van der Waals surface area contributed by atoms with Gasteiger partial charge in [-0.3, -0.25) is 0 Å². The third kappa shape index (κ3) is 2.14. The van der Waals surface area contributed by atoms with Crippen LogP contribution in [0.25, 0.3) is 0 Å². The summed E-state index contributed by atoms with van der Waals surface area (Å²) in [5, 5.41) is 1.18. The van der Waals surface area contributed by atoms with Crippen LogP contribution in [0.5, 0.6) is 0 Å². The summed E-state index contributed by atoms with van der Waals surface area (Å²) in [6.07, 6.45) is 0. The molecule has 1 aromatic rings. The molecule has 0 atom stereocenters. The molecular weight excluding hydrogens is 235 g/mol. The maximum atomic E-state index is 6.11. The van der Waals surface area contributed by atoms with Crippen LogP contribution in [0.4, 0.5) is 11.4 Å². The number of hydrogen-bond donors (Lipinski definition) is 1. The number of nitrogen functional groups attached to an aromatic ring is 1. The molecule has 1 fully saturated rings. The highest BCUT2D eigenvalue weighted by atomic mass is 35.5. The molecule has 0 aliphatic carbocycles. The van der Waals surface area contributed by atoms with Crippen LogP contribution in [0.2, 0.25) is 10.0 Å². The number of rotatable bonds is 1. The Morgan fingerprint density at radius 1 is 1.13 bits per heavy atom. The van der Waals surface area contributed by atoms with Crippen LogP contribution in [0.15, 0.2) is 12.1 Å². The summed E-state index contributed by atoms with van der Waals surface area (Å²) in [5.74, 6) is 0. The van der Waals surface area contributed by atoms with E-state index in [0.717, 1.165) is 18.8 Å². The predicted molar refractivity (Wildman–Crippen MR) is 63.9 cm³/mol. The van der Waals surface area contributed by atoms with E-state index in [0.29, 0.717) is 28.9 Å². The lowest BCUT2D eigenvalue weighted by Crippen LogP contribution is -2.36.